The topological polar surface area (TPSA) is 61.4 Å². The first-order chi connectivity index (χ1) is 12.3. The van der Waals surface area contributed by atoms with E-state index < -0.39 is 29.9 Å². The lowest BCUT2D eigenvalue weighted by molar-refractivity contribution is -0.175. The van der Waals surface area contributed by atoms with Crippen LogP contribution in [0.25, 0.3) is 0 Å². The number of likely N-dealkylation sites (tertiary alicyclic amines) is 1. The summed E-state index contributed by atoms with van der Waals surface area (Å²) in [7, 11) is 0. The van der Waals surface area contributed by atoms with Gasteiger partial charge in [-0.3, -0.25) is 9.59 Å². The summed E-state index contributed by atoms with van der Waals surface area (Å²) in [6.45, 7) is 1.49. The second-order valence-electron chi connectivity index (χ2n) is 6.66. The van der Waals surface area contributed by atoms with E-state index in [1.165, 1.54) is 29.2 Å². The lowest BCUT2D eigenvalue weighted by atomic mass is 9.84. The first kappa shape index (κ1) is 18.6. The zero-order valence-electron chi connectivity index (χ0n) is 13.9. The van der Waals surface area contributed by atoms with E-state index in [2.05, 4.69) is 5.32 Å². The van der Waals surface area contributed by atoms with Crippen molar-refractivity contribution in [3.63, 3.8) is 0 Å². The number of nitrogens with zero attached hydrogens (tertiary/aromatic N) is 1. The minimum Gasteiger partial charge on any atom is -0.343 e. The van der Waals surface area contributed by atoms with Gasteiger partial charge in [-0.15, -0.1) is 0 Å². The van der Waals surface area contributed by atoms with E-state index in [9.17, 15) is 27.2 Å². The van der Waals surface area contributed by atoms with Crippen LogP contribution in [0.15, 0.2) is 24.3 Å². The van der Waals surface area contributed by atoms with E-state index in [0.29, 0.717) is 31.6 Å². The molecule has 0 bridgehead atoms. The van der Waals surface area contributed by atoms with Crippen LogP contribution in [0.2, 0.25) is 0 Å². The lowest BCUT2D eigenvalue weighted by Gasteiger charge is -2.41. The quantitative estimate of drug-likeness (QED) is 0.788. The van der Waals surface area contributed by atoms with Gasteiger partial charge in [0, 0.05) is 32.1 Å². The second-order valence-corrected chi connectivity index (χ2v) is 6.66. The first-order valence-corrected chi connectivity index (χ1v) is 8.38. The predicted molar refractivity (Wildman–Crippen MR) is 84.7 cm³/mol. The van der Waals surface area contributed by atoms with Crippen LogP contribution in [0, 0.1) is 11.7 Å². The van der Waals surface area contributed by atoms with E-state index in [-0.39, 0.29) is 18.4 Å². The van der Waals surface area contributed by atoms with Crippen molar-refractivity contribution >= 4 is 11.8 Å². The van der Waals surface area contributed by atoms with Gasteiger partial charge in [-0.1, -0.05) is 12.1 Å². The molecule has 9 heteroatoms. The van der Waals surface area contributed by atoms with E-state index in [4.69, 9.17) is 0 Å². The molecule has 2 amide bonds. The Balaban J connectivity index is 1.78. The Hall–Kier alpha value is -2.16. The van der Waals surface area contributed by atoms with Crippen molar-refractivity contribution in [1.29, 1.82) is 0 Å². The maximum Gasteiger partial charge on any atom is 0.471 e. The minimum absolute atomic E-state index is 0.000797. The fourth-order valence-electron chi connectivity index (χ4n) is 3.38. The zero-order chi connectivity index (χ0) is 18.9. The number of carbonyl (C=O) groups excluding carboxylic acids is 2. The Morgan fingerprint density at radius 3 is 2.35 bits per heavy atom. The van der Waals surface area contributed by atoms with E-state index in [1.807, 2.05) is 5.32 Å². The van der Waals surface area contributed by atoms with Crippen LogP contribution < -0.4 is 10.6 Å². The third-order valence-electron chi connectivity index (χ3n) is 4.93. The lowest BCUT2D eigenvalue weighted by Crippen LogP contribution is -2.59. The standard InChI is InChI=1S/C17H19F4N3O2/c18-12-3-1-10(2-4-12)13-5-6-24(15(25)11-7-22-8-11)9-14(13)23-16(26)17(19,20)21/h1-4,11,13-14,22H,5-9H2,(H,23,26). The van der Waals surface area contributed by atoms with Crippen LogP contribution in [0.4, 0.5) is 17.6 Å². The molecule has 2 fully saturated rings. The Morgan fingerprint density at radius 1 is 1.15 bits per heavy atom. The van der Waals surface area contributed by atoms with Crippen LogP contribution in [0.1, 0.15) is 17.9 Å². The summed E-state index contributed by atoms with van der Waals surface area (Å²) in [5, 5.41) is 5.00. The van der Waals surface area contributed by atoms with Gasteiger partial charge in [-0.25, -0.2) is 4.39 Å². The molecule has 2 aliphatic rings. The molecule has 2 unspecified atom stereocenters. The summed E-state index contributed by atoms with van der Waals surface area (Å²) in [5.41, 5.74) is 0.635. The number of benzene rings is 1. The molecule has 0 spiro atoms. The van der Waals surface area contributed by atoms with Crippen LogP contribution >= 0.6 is 0 Å². The number of hydrogen-bond donors (Lipinski definition) is 2. The number of amides is 2. The third-order valence-corrected chi connectivity index (χ3v) is 4.93. The average Bonchev–Trinajstić information content (AvgIpc) is 2.53. The molecule has 0 aromatic heterocycles. The molecule has 3 rings (SSSR count). The third kappa shape index (κ3) is 3.98. The van der Waals surface area contributed by atoms with Gasteiger partial charge in [0.15, 0.2) is 0 Å². The monoisotopic (exact) mass is 373 g/mol. The summed E-state index contributed by atoms with van der Waals surface area (Å²) < 4.78 is 51.2. The molecular weight excluding hydrogens is 354 g/mol. The van der Waals surface area contributed by atoms with Gasteiger partial charge < -0.3 is 15.5 Å². The highest BCUT2D eigenvalue weighted by molar-refractivity contribution is 5.83. The molecule has 1 aromatic carbocycles. The number of carbonyl (C=O) groups is 2. The van der Waals surface area contributed by atoms with Gasteiger partial charge in [-0.05, 0) is 24.1 Å². The van der Waals surface area contributed by atoms with Crippen LogP contribution in [-0.2, 0) is 9.59 Å². The predicted octanol–water partition coefficient (Wildman–Crippen LogP) is 1.41. The van der Waals surface area contributed by atoms with Gasteiger partial charge in [0.25, 0.3) is 0 Å². The number of piperidine rings is 1. The largest absolute Gasteiger partial charge is 0.471 e. The van der Waals surface area contributed by atoms with Crippen molar-refractivity contribution in [3.8, 4) is 0 Å². The second kappa shape index (κ2) is 7.22. The van der Waals surface area contributed by atoms with Crippen molar-refractivity contribution in [2.24, 2.45) is 5.92 Å². The van der Waals surface area contributed by atoms with Crippen molar-refractivity contribution in [3.05, 3.63) is 35.6 Å². The average molecular weight is 373 g/mol. The normalized spacial score (nSPS) is 24.1. The van der Waals surface area contributed by atoms with Crippen LogP contribution in [0.5, 0.6) is 0 Å². The molecule has 2 aliphatic heterocycles. The molecule has 26 heavy (non-hydrogen) atoms. The van der Waals surface area contributed by atoms with Crippen molar-refractivity contribution in [2.75, 3.05) is 26.2 Å². The Bertz CT molecular complexity index is 674. The number of halogens is 4. The highest BCUT2D eigenvalue weighted by Crippen LogP contribution is 2.30. The van der Waals surface area contributed by atoms with Gasteiger partial charge in [0.1, 0.15) is 5.82 Å². The molecule has 142 valence electrons. The van der Waals surface area contributed by atoms with Crippen molar-refractivity contribution in [2.45, 2.75) is 24.6 Å². The molecule has 2 heterocycles. The van der Waals surface area contributed by atoms with Crippen LogP contribution in [-0.4, -0.2) is 55.1 Å². The zero-order valence-corrected chi connectivity index (χ0v) is 13.9. The van der Waals surface area contributed by atoms with Gasteiger partial charge >= 0.3 is 12.1 Å². The molecule has 2 atom stereocenters. The Labute approximate surface area is 147 Å². The van der Waals surface area contributed by atoms with Gasteiger partial charge in [0.2, 0.25) is 5.91 Å². The maximum atomic E-state index is 13.1. The fraction of sp³-hybridized carbons (Fsp3) is 0.529. The molecular formula is C17H19F4N3O2. The number of alkyl halides is 3. The molecule has 0 aliphatic carbocycles. The van der Waals surface area contributed by atoms with E-state index >= 15 is 0 Å². The Morgan fingerprint density at radius 2 is 1.81 bits per heavy atom. The molecule has 5 nitrogen and oxygen atoms in total. The summed E-state index contributed by atoms with van der Waals surface area (Å²) in [6, 6.07) is 4.57. The highest BCUT2D eigenvalue weighted by atomic mass is 19.4. The van der Waals surface area contributed by atoms with Gasteiger partial charge in [-0.2, -0.15) is 13.2 Å². The fourth-order valence-corrected chi connectivity index (χ4v) is 3.38. The molecule has 0 radical (unpaired) electrons. The van der Waals surface area contributed by atoms with Crippen LogP contribution in [0.3, 0.4) is 0 Å². The number of rotatable bonds is 3. The summed E-state index contributed by atoms with van der Waals surface area (Å²) in [5.74, 6) is -3.20. The smallest absolute Gasteiger partial charge is 0.343 e. The van der Waals surface area contributed by atoms with E-state index in [1.54, 1.807) is 0 Å². The summed E-state index contributed by atoms with van der Waals surface area (Å²) >= 11 is 0. The summed E-state index contributed by atoms with van der Waals surface area (Å²) in [6.07, 6.45) is -4.61. The van der Waals surface area contributed by atoms with Crippen molar-refractivity contribution < 1.29 is 27.2 Å². The number of hydrogen-bond acceptors (Lipinski definition) is 3. The first-order valence-electron chi connectivity index (χ1n) is 8.38. The molecule has 2 N–H and O–H groups in total. The maximum absolute atomic E-state index is 13.1. The van der Waals surface area contributed by atoms with E-state index in [0.717, 1.165) is 0 Å². The Kier molecular flexibility index (Phi) is 5.17. The molecule has 1 aromatic rings. The number of nitrogens with one attached hydrogen (secondary N) is 2. The molecule has 0 saturated carbocycles. The van der Waals surface area contributed by atoms with Crippen molar-refractivity contribution in [1.82, 2.24) is 15.5 Å². The molecule has 2 saturated heterocycles. The highest BCUT2D eigenvalue weighted by Gasteiger charge is 2.43. The summed E-state index contributed by atoms with van der Waals surface area (Å²) in [4.78, 5) is 25.3. The SMILES string of the molecule is O=C(C1CNC1)N1CCC(c2ccc(F)cc2)C(NC(=O)C(F)(F)F)C1. The minimum atomic E-state index is -5.00. The van der Waals surface area contributed by atoms with Gasteiger partial charge in [0.05, 0.1) is 12.0 Å².